The van der Waals surface area contributed by atoms with E-state index in [-0.39, 0.29) is 0 Å². The molecule has 4 rings (SSSR count). The standard InChI is InChI=1S/C25H33N5/c1-18-8-4-5-9-19(18)16-17-26-20-12-14-21(15-13-20)27-25-28-23-11-7-6-10-22(23)24(29-25)30(2)3/h4-11,20-21,26H,12-17H2,1-3H3,(H,27,28,29)/t20-,21+. The zero-order valence-corrected chi connectivity index (χ0v) is 18.4. The lowest BCUT2D eigenvalue weighted by molar-refractivity contribution is 0.355. The Kier molecular flexibility index (Phi) is 6.48. The fraction of sp³-hybridized carbons (Fsp3) is 0.440. The molecule has 1 fully saturated rings. The number of anilines is 2. The van der Waals surface area contributed by atoms with Gasteiger partial charge in [0.05, 0.1) is 5.52 Å². The summed E-state index contributed by atoms with van der Waals surface area (Å²) in [5.41, 5.74) is 3.83. The maximum atomic E-state index is 4.79. The number of aromatic nitrogens is 2. The van der Waals surface area contributed by atoms with E-state index in [1.165, 1.54) is 24.0 Å². The van der Waals surface area contributed by atoms with Crippen LogP contribution in [0.3, 0.4) is 0 Å². The Morgan fingerprint density at radius 1 is 0.900 bits per heavy atom. The first-order valence-electron chi connectivity index (χ1n) is 11.1. The molecule has 3 aromatic rings. The van der Waals surface area contributed by atoms with Crippen molar-refractivity contribution in [1.82, 2.24) is 15.3 Å². The maximum absolute atomic E-state index is 4.79. The number of hydrogen-bond donors (Lipinski definition) is 2. The summed E-state index contributed by atoms with van der Waals surface area (Å²) in [4.78, 5) is 11.6. The predicted molar refractivity (Wildman–Crippen MR) is 126 cm³/mol. The van der Waals surface area contributed by atoms with Gasteiger partial charge in [-0.1, -0.05) is 36.4 Å². The molecule has 0 unspecified atom stereocenters. The summed E-state index contributed by atoms with van der Waals surface area (Å²) in [5, 5.41) is 8.46. The summed E-state index contributed by atoms with van der Waals surface area (Å²) in [6.07, 6.45) is 5.78. The normalized spacial score (nSPS) is 19.0. The summed E-state index contributed by atoms with van der Waals surface area (Å²) in [6, 6.07) is 18.0. The van der Waals surface area contributed by atoms with Crippen LogP contribution in [0.25, 0.3) is 10.9 Å². The van der Waals surface area contributed by atoms with Crippen LogP contribution in [0.15, 0.2) is 48.5 Å². The van der Waals surface area contributed by atoms with Crippen LogP contribution in [0.2, 0.25) is 0 Å². The van der Waals surface area contributed by atoms with Crippen LogP contribution in [0.5, 0.6) is 0 Å². The second-order valence-electron chi connectivity index (χ2n) is 8.61. The lowest BCUT2D eigenvalue weighted by Gasteiger charge is -2.30. The molecule has 5 heteroatoms. The highest BCUT2D eigenvalue weighted by atomic mass is 15.2. The van der Waals surface area contributed by atoms with Crippen LogP contribution in [-0.4, -0.2) is 42.7 Å². The molecule has 0 spiro atoms. The molecule has 0 radical (unpaired) electrons. The molecular weight excluding hydrogens is 370 g/mol. The molecule has 2 aromatic carbocycles. The van der Waals surface area contributed by atoms with E-state index in [0.717, 1.165) is 48.5 Å². The lowest BCUT2D eigenvalue weighted by atomic mass is 9.91. The van der Waals surface area contributed by atoms with Gasteiger partial charge in [0, 0.05) is 31.6 Å². The van der Waals surface area contributed by atoms with Gasteiger partial charge in [0.15, 0.2) is 0 Å². The summed E-state index contributed by atoms with van der Waals surface area (Å²) < 4.78 is 0. The fourth-order valence-electron chi connectivity index (χ4n) is 4.39. The minimum absolute atomic E-state index is 0.440. The Balaban J connectivity index is 1.30. The van der Waals surface area contributed by atoms with Gasteiger partial charge in [-0.15, -0.1) is 0 Å². The first-order chi connectivity index (χ1) is 14.6. The molecule has 0 saturated heterocycles. The van der Waals surface area contributed by atoms with Crippen LogP contribution in [0.1, 0.15) is 36.8 Å². The van der Waals surface area contributed by atoms with Crippen molar-refractivity contribution in [3.05, 3.63) is 59.7 Å². The van der Waals surface area contributed by atoms with Crippen LogP contribution >= 0.6 is 0 Å². The Labute approximate surface area is 179 Å². The second-order valence-corrected chi connectivity index (χ2v) is 8.61. The number of benzene rings is 2. The number of rotatable bonds is 7. The van der Waals surface area contributed by atoms with Crippen molar-refractivity contribution in [2.24, 2.45) is 0 Å². The van der Waals surface area contributed by atoms with E-state index < -0.39 is 0 Å². The highest BCUT2D eigenvalue weighted by Crippen LogP contribution is 2.26. The lowest BCUT2D eigenvalue weighted by Crippen LogP contribution is -2.38. The third-order valence-corrected chi connectivity index (χ3v) is 6.16. The zero-order chi connectivity index (χ0) is 20.9. The summed E-state index contributed by atoms with van der Waals surface area (Å²) in [6.45, 7) is 3.25. The third-order valence-electron chi connectivity index (χ3n) is 6.16. The predicted octanol–water partition coefficient (Wildman–Crippen LogP) is 4.56. The second kappa shape index (κ2) is 9.43. The number of hydrogen-bond acceptors (Lipinski definition) is 5. The molecule has 1 saturated carbocycles. The molecule has 30 heavy (non-hydrogen) atoms. The molecule has 0 aliphatic heterocycles. The minimum Gasteiger partial charge on any atom is -0.362 e. The van der Waals surface area contributed by atoms with E-state index in [0.29, 0.717) is 12.1 Å². The van der Waals surface area contributed by atoms with Gasteiger partial charge in [0.25, 0.3) is 0 Å². The largest absolute Gasteiger partial charge is 0.362 e. The third kappa shape index (κ3) is 4.90. The Hall–Kier alpha value is -2.66. The smallest absolute Gasteiger partial charge is 0.225 e. The van der Waals surface area contributed by atoms with E-state index in [1.807, 2.05) is 26.2 Å². The average Bonchev–Trinajstić information content (AvgIpc) is 2.75. The van der Waals surface area contributed by atoms with Crippen molar-refractivity contribution in [3.63, 3.8) is 0 Å². The molecule has 5 nitrogen and oxygen atoms in total. The van der Waals surface area contributed by atoms with Gasteiger partial charge < -0.3 is 15.5 Å². The zero-order valence-electron chi connectivity index (χ0n) is 18.4. The van der Waals surface area contributed by atoms with Gasteiger partial charge >= 0.3 is 0 Å². The Morgan fingerprint density at radius 2 is 1.60 bits per heavy atom. The summed E-state index contributed by atoms with van der Waals surface area (Å²) >= 11 is 0. The summed E-state index contributed by atoms with van der Waals surface area (Å²) in [7, 11) is 4.07. The first-order valence-corrected chi connectivity index (χ1v) is 11.1. The molecule has 1 heterocycles. The van der Waals surface area contributed by atoms with Crippen molar-refractivity contribution in [2.45, 2.75) is 51.1 Å². The van der Waals surface area contributed by atoms with Crippen LogP contribution < -0.4 is 15.5 Å². The molecule has 0 bridgehead atoms. The maximum Gasteiger partial charge on any atom is 0.225 e. The van der Waals surface area contributed by atoms with Gasteiger partial charge in [-0.2, -0.15) is 4.98 Å². The Bertz CT molecular complexity index is 976. The van der Waals surface area contributed by atoms with Gasteiger partial charge in [0.2, 0.25) is 5.95 Å². The summed E-state index contributed by atoms with van der Waals surface area (Å²) in [5.74, 6) is 1.71. The van der Waals surface area contributed by atoms with E-state index in [1.54, 1.807) is 0 Å². The van der Waals surface area contributed by atoms with Crippen molar-refractivity contribution >= 4 is 22.7 Å². The molecule has 1 aliphatic rings. The van der Waals surface area contributed by atoms with Gasteiger partial charge in [-0.05, 0) is 68.8 Å². The molecule has 158 valence electrons. The van der Waals surface area contributed by atoms with Gasteiger partial charge in [-0.3, -0.25) is 0 Å². The molecular formula is C25H33N5. The molecule has 1 aliphatic carbocycles. The average molecular weight is 404 g/mol. The van der Waals surface area contributed by atoms with Crippen LogP contribution in [0, 0.1) is 6.92 Å². The number of aryl methyl sites for hydroxylation is 1. The molecule has 0 atom stereocenters. The number of para-hydroxylation sites is 1. The van der Waals surface area contributed by atoms with E-state index in [9.17, 15) is 0 Å². The van der Waals surface area contributed by atoms with E-state index >= 15 is 0 Å². The topological polar surface area (TPSA) is 53.1 Å². The first kappa shape index (κ1) is 20.6. The van der Waals surface area contributed by atoms with Gasteiger partial charge in [-0.25, -0.2) is 4.98 Å². The van der Waals surface area contributed by atoms with Crippen molar-refractivity contribution in [3.8, 4) is 0 Å². The highest BCUT2D eigenvalue weighted by Gasteiger charge is 2.22. The van der Waals surface area contributed by atoms with E-state index in [4.69, 9.17) is 9.97 Å². The minimum atomic E-state index is 0.440. The molecule has 0 amide bonds. The van der Waals surface area contributed by atoms with Crippen molar-refractivity contribution < 1.29 is 0 Å². The number of fused-ring (bicyclic) bond motifs is 1. The van der Waals surface area contributed by atoms with E-state index in [2.05, 4.69) is 58.9 Å². The highest BCUT2D eigenvalue weighted by molar-refractivity contribution is 5.90. The van der Waals surface area contributed by atoms with Crippen LogP contribution in [0.4, 0.5) is 11.8 Å². The van der Waals surface area contributed by atoms with Crippen LogP contribution in [-0.2, 0) is 6.42 Å². The Morgan fingerprint density at radius 3 is 2.37 bits per heavy atom. The number of nitrogens with one attached hydrogen (secondary N) is 2. The van der Waals surface area contributed by atoms with Gasteiger partial charge in [0.1, 0.15) is 5.82 Å². The fourth-order valence-corrected chi connectivity index (χ4v) is 4.39. The SMILES string of the molecule is Cc1ccccc1CCN[C@H]1CC[C@@H](Nc2nc(N(C)C)c3ccccc3n2)CC1. The van der Waals surface area contributed by atoms with Crippen molar-refractivity contribution in [1.29, 1.82) is 0 Å². The molecule has 2 N–H and O–H groups in total. The molecule has 1 aromatic heterocycles. The monoisotopic (exact) mass is 403 g/mol. The van der Waals surface area contributed by atoms with Crippen molar-refractivity contribution in [2.75, 3.05) is 30.9 Å². The quantitative estimate of drug-likeness (QED) is 0.606. The number of nitrogens with zero attached hydrogens (tertiary/aromatic N) is 3.